The second-order valence-corrected chi connectivity index (χ2v) is 10.6. The summed E-state index contributed by atoms with van der Waals surface area (Å²) in [4.78, 5) is 0. The maximum Gasteiger partial charge on any atom is 0.119 e. The van der Waals surface area contributed by atoms with E-state index in [9.17, 15) is 0 Å². The maximum atomic E-state index is 5.77. The zero-order valence-electron chi connectivity index (χ0n) is 27.9. The van der Waals surface area contributed by atoms with Crippen molar-refractivity contribution in [2.75, 3.05) is 131 Å². The minimum atomic E-state index is 0.500. The van der Waals surface area contributed by atoms with Crippen molar-refractivity contribution in [1.29, 1.82) is 0 Å². The number of rotatable bonds is 37. The van der Waals surface area contributed by atoms with Gasteiger partial charge in [0.05, 0.1) is 119 Å². The third-order valence-corrected chi connectivity index (χ3v) is 6.59. The van der Waals surface area contributed by atoms with Crippen molar-refractivity contribution in [3.05, 3.63) is 29.8 Å². The van der Waals surface area contributed by atoms with Crippen molar-refractivity contribution in [2.45, 2.75) is 51.9 Å². The molecule has 1 aromatic carbocycles. The van der Waals surface area contributed by atoms with E-state index >= 15 is 0 Å². The lowest BCUT2D eigenvalue weighted by atomic mass is 10.0. The first-order valence-electron chi connectivity index (χ1n) is 16.8. The summed E-state index contributed by atoms with van der Waals surface area (Å²) < 4.78 is 54.8. The summed E-state index contributed by atoms with van der Waals surface area (Å²) >= 11 is 5.51. The summed E-state index contributed by atoms with van der Waals surface area (Å²) in [5, 5.41) is 0. The van der Waals surface area contributed by atoms with E-state index in [0.717, 1.165) is 12.2 Å². The van der Waals surface area contributed by atoms with Gasteiger partial charge in [-0.05, 0) is 30.5 Å². The minimum absolute atomic E-state index is 0.500. The van der Waals surface area contributed by atoms with Gasteiger partial charge in [0.25, 0.3) is 0 Å². The van der Waals surface area contributed by atoms with E-state index < -0.39 is 0 Å². The van der Waals surface area contributed by atoms with Crippen LogP contribution in [0.15, 0.2) is 24.3 Å². The molecule has 0 N–H and O–H groups in total. The molecule has 0 radical (unpaired) electrons. The first kappa shape index (κ1) is 42.0. The molecule has 0 bridgehead atoms. The fraction of sp³-hybridized carbons (Fsp3) is 0.824. The molecule has 0 aliphatic carbocycles. The monoisotopic (exact) mass is 664 g/mol. The van der Waals surface area contributed by atoms with Crippen LogP contribution in [-0.4, -0.2) is 131 Å². The Kier molecular flexibility index (Phi) is 33.4. The van der Waals surface area contributed by atoms with Crippen LogP contribution in [0.25, 0.3) is 0 Å². The lowest BCUT2D eigenvalue weighted by Crippen LogP contribution is -2.15. The molecule has 45 heavy (non-hydrogen) atoms. The zero-order chi connectivity index (χ0) is 32.1. The van der Waals surface area contributed by atoms with Gasteiger partial charge in [-0.2, -0.15) is 0 Å². The van der Waals surface area contributed by atoms with Crippen LogP contribution in [0.4, 0.5) is 0 Å². The Balaban J connectivity index is 1.71. The molecule has 0 heterocycles. The summed E-state index contributed by atoms with van der Waals surface area (Å²) in [6.45, 7) is 12.3. The van der Waals surface area contributed by atoms with Gasteiger partial charge in [-0.25, -0.2) is 0 Å². The molecular weight excluding hydrogens is 604 g/mol. The van der Waals surface area contributed by atoms with E-state index in [-0.39, 0.29) is 0 Å². The van der Waals surface area contributed by atoms with Crippen LogP contribution < -0.4 is 4.74 Å². The van der Waals surface area contributed by atoms with E-state index in [4.69, 9.17) is 59.0 Å². The van der Waals surface area contributed by atoms with Gasteiger partial charge in [0.1, 0.15) is 12.4 Å². The van der Waals surface area contributed by atoms with Crippen LogP contribution in [0.5, 0.6) is 5.75 Å². The van der Waals surface area contributed by atoms with Gasteiger partial charge >= 0.3 is 0 Å². The first-order valence-corrected chi connectivity index (χ1v) is 17.4. The number of alkyl halides is 1. The van der Waals surface area contributed by atoms with Crippen molar-refractivity contribution in [3.63, 3.8) is 0 Å². The van der Waals surface area contributed by atoms with Gasteiger partial charge < -0.3 is 47.4 Å². The third-order valence-electron chi connectivity index (χ3n) is 6.44. The molecule has 1 rings (SSSR count). The number of ether oxygens (including phenoxy) is 10. The minimum Gasteiger partial charge on any atom is -0.491 e. The van der Waals surface area contributed by atoms with Gasteiger partial charge in [0.15, 0.2) is 0 Å². The van der Waals surface area contributed by atoms with Crippen molar-refractivity contribution < 1.29 is 47.4 Å². The summed E-state index contributed by atoms with van der Waals surface area (Å²) in [5.41, 5.74) is 1.38. The van der Waals surface area contributed by atoms with E-state index in [1.54, 1.807) is 0 Å². The number of hydrogen-bond donors (Lipinski definition) is 0. The van der Waals surface area contributed by atoms with Crippen LogP contribution in [0.2, 0.25) is 0 Å². The van der Waals surface area contributed by atoms with Crippen molar-refractivity contribution in [1.82, 2.24) is 0 Å². The Labute approximate surface area is 277 Å². The molecule has 0 amide bonds. The largest absolute Gasteiger partial charge is 0.491 e. The van der Waals surface area contributed by atoms with E-state index in [1.807, 2.05) is 0 Å². The molecule has 1 aromatic rings. The second kappa shape index (κ2) is 35.8. The van der Waals surface area contributed by atoms with Crippen LogP contribution in [-0.2, 0) is 49.1 Å². The molecule has 0 fully saturated rings. The lowest BCUT2D eigenvalue weighted by molar-refractivity contribution is -0.0251. The molecule has 0 atom stereocenters. The van der Waals surface area contributed by atoms with E-state index in [0.29, 0.717) is 131 Å². The molecule has 0 unspecified atom stereocenters. The molecule has 11 heteroatoms. The van der Waals surface area contributed by atoms with Gasteiger partial charge in [0, 0.05) is 5.88 Å². The summed E-state index contributed by atoms with van der Waals surface area (Å²) in [5.74, 6) is 1.39. The zero-order valence-corrected chi connectivity index (χ0v) is 28.6. The highest BCUT2D eigenvalue weighted by Gasteiger charge is 1.99. The fourth-order valence-corrected chi connectivity index (χ4v) is 4.11. The molecule has 0 saturated heterocycles. The van der Waals surface area contributed by atoms with Crippen molar-refractivity contribution >= 4 is 11.6 Å². The van der Waals surface area contributed by atoms with Crippen molar-refractivity contribution in [2.24, 2.45) is 0 Å². The Morgan fingerprint density at radius 2 is 0.733 bits per heavy atom. The second-order valence-electron chi connectivity index (χ2n) is 10.2. The number of aryl methyl sites for hydroxylation is 1. The normalized spacial score (nSPS) is 11.4. The summed E-state index contributed by atoms with van der Waals surface area (Å²) in [7, 11) is 0. The SMILES string of the molecule is CCCCCCCCc1ccc(OCCOCCOCCOCCOCCOCCOCCOCCOCCOCCCl)cc1. The van der Waals surface area contributed by atoms with Crippen LogP contribution in [0.1, 0.15) is 51.0 Å². The predicted octanol–water partition coefficient (Wildman–Crippen LogP) is 5.36. The Morgan fingerprint density at radius 1 is 0.400 bits per heavy atom. The van der Waals surface area contributed by atoms with Crippen LogP contribution >= 0.6 is 11.6 Å². The van der Waals surface area contributed by atoms with Gasteiger partial charge in [-0.3, -0.25) is 0 Å². The topological polar surface area (TPSA) is 92.3 Å². The molecule has 0 spiro atoms. The van der Waals surface area contributed by atoms with Crippen molar-refractivity contribution in [3.8, 4) is 5.75 Å². The Morgan fingerprint density at radius 3 is 1.11 bits per heavy atom. The third kappa shape index (κ3) is 31.3. The summed E-state index contributed by atoms with van der Waals surface area (Å²) in [6, 6.07) is 8.44. The van der Waals surface area contributed by atoms with E-state index in [1.165, 1.54) is 44.1 Å². The molecule has 0 saturated carbocycles. The molecule has 264 valence electrons. The number of benzene rings is 1. The smallest absolute Gasteiger partial charge is 0.119 e. The molecular formula is C34H61ClO10. The molecule has 0 aliphatic heterocycles. The number of unbranched alkanes of at least 4 members (excludes halogenated alkanes) is 5. The quantitative estimate of drug-likeness (QED) is 0.0684. The van der Waals surface area contributed by atoms with Gasteiger partial charge in [-0.1, -0.05) is 51.2 Å². The molecule has 0 aliphatic rings. The van der Waals surface area contributed by atoms with Gasteiger partial charge in [0.2, 0.25) is 0 Å². The average molecular weight is 665 g/mol. The maximum absolute atomic E-state index is 5.77. The highest BCUT2D eigenvalue weighted by Crippen LogP contribution is 2.15. The standard InChI is InChI=1S/C34H61ClO10/c1-2-3-4-5-6-7-8-33-9-11-34(12-10-33)45-32-31-44-30-29-43-28-27-42-26-25-41-24-23-40-22-21-39-20-19-38-18-17-37-16-15-36-14-13-35/h9-12H,2-8,13-32H2,1H3. The van der Waals surface area contributed by atoms with E-state index in [2.05, 4.69) is 31.2 Å². The number of hydrogen-bond acceptors (Lipinski definition) is 10. The van der Waals surface area contributed by atoms with Crippen LogP contribution in [0, 0.1) is 0 Å². The Bertz CT molecular complexity index is 698. The first-order chi connectivity index (χ1) is 22.4. The van der Waals surface area contributed by atoms with Crippen LogP contribution in [0.3, 0.4) is 0 Å². The lowest BCUT2D eigenvalue weighted by Gasteiger charge is -2.09. The van der Waals surface area contributed by atoms with Gasteiger partial charge in [-0.15, -0.1) is 11.6 Å². The fourth-order valence-electron chi connectivity index (χ4n) is 4.00. The molecule has 0 aromatic heterocycles. The highest BCUT2D eigenvalue weighted by atomic mass is 35.5. The average Bonchev–Trinajstić information content (AvgIpc) is 3.06. The predicted molar refractivity (Wildman–Crippen MR) is 177 cm³/mol. The highest BCUT2D eigenvalue weighted by molar-refractivity contribution is 6.17. The molecule has 10 nitrogen and oxygen atoms in total. The number of halogens is 1. The summed E-state index contributed by atoms with van der Waals surface area (Å²) in [6.07, 6.45) is 9.10. The Hall–Kier alpha value is -1.05.